The van der Waals surface area contributed by atoms with E-state index >= 15 is 0 Å². The van der Waals surface area contributed by atoms with Crippen LogP contribution in [-0.4, -0.2) is 61.6 Å². The minimum atomic E-state index is -0.490. The monoisotopic (exact) mass is 500 g/mol. The molecule has 1 saturated carbocycles. The molecule has 4 unspecified atom stereocenters. The molecule has 2 heterocycles. The molecule has 32 heavy (non-hydrogen) atoms. The van der Waals surface area contributed by atoms with Gasteiger partial charge in [-0.2, -0.15) is 0 Å². The maximum atomic E-state index is 10.3. The Labute approximate surface area is 199 Å². The number of morpholine rings is 1. The summed E-state index contributed by atoms with van der Waals surface area (Å²) >= 11 is 3.65. The molecule has 5 rings (SSSR count). The van der Waals surface area contributed by atoms with Gasteiger partial charge in [0.1, 0.15) is 18.5 Å². The Hall–Kier alpha value is -1.60. The fourth-order valence-electron chi connectivity index (χ4n) is 5.58. The fraction of sp³-hybridized carbons (Fsp3) is 0.538. The summed E-state index contributed by atoms with van der Waals surface area (Å²) in [5, 5.41) is 14.2. The number of benzene rings is 2. The minimum absolute atomic E-state index is 0.316. The normalized spacial score (nSPS) is 26.5. The number of rotatable bonds is 6. The molecule has 4 atom stereocenters. The van der Waals surface area contributed by atoms with E-state index in [-0.39, 0.29) is 0 Å². The number of fused-ring (bicyclic) bond motifs is 3. The molecule has 0 amide bonds. The first-order chi connectivity index (χ1) is 15.7. The lowest BCUT2D eigenvalue weighted by molar-refractivity contribution is 0.00465. The number of hydrogen-bond donors (Lipinski definition) is 2. The molecule has 6 heteroatoms. The standard InChI is InChI=1S/C26H33BrN2O3/c27-19-7-10-25-24(15-19)23-4-2-1-3-22(26(23)28-25)18-5-8-21(9-6-18)32-17-20(30)16-29-11-13-31-14-12-29/h5-10,15,20,22-23,26,28,30H,1-4,11-14,16-17H2. The molecule has 1 aliphatic carbocycles. The lowest BCUT2D eigenvalue weighted by atomic mass is 9.82. The quantitative estimate of drug-likeness (QED) is 0.598. The topological polar surface area (TPSA) is 54.0 Å². The minimum Gasteiger partial charge on any atom is -0.491 e. The van der Waals surface area contributed by atoms with Crippen LogP contribution in [-0.2, 0) is 4.74 Å². The van der Waals surface area contributed by atoms with Gasteiger partial charge in [0.25, 0.3) is 0 Å². The van der Waals surface area contributed by atoms with Crippen LogP contribution in [0.1, 0.15) is 48.6 Å². The third-order valence-electron chi connectivity index (χ3n) is 7.21. The van der Waals surface area contributed by atoms with Gasteiger partial charge in [0.2, 0.25) is 0 Å². The first kappa shape index (κ1) is 22.2. The summed E-state index contributed by atoms with van der Waals surface area (Å²) in [6.07, 6.45) is 4.53. The lowest BCUT2D eigenvalue weighted by Gasteiger charge is -2.28. The van der Waals surface area contributed by atoms with Crippen molar-refractivity contribution < 1.29 is 14.6 Å². The maximum absolute atomic E-state index is 10.3. The van der Waals surface area contributed by atoms with Gasteiger partial charge in [-0.15, -0.1) is 0 Å². The second-order valence-electron chi connectivity index (χ2n) is 9.35. The number of anilines is 1. The van der Waals surface area contributed by atoms with Gasteiger partial charge in [-0.25, -0.2) is 0 Å². The largest absolute Gasteiger partial charge is 0.491 e. The molecule has 0 spiro atoms. The van der Waals surface area contributed by atoms with Crippen molar-refractivity contribution in [3.05, 3.63) is 58.1 Å². The summed E-state index contributed by atoms with van der Waals surface area (Å²) in [6, 6.07) is 15.7. The van der Waals surface area contributed by atoms with E-state index in [1.807, 2.05) is 0 Å². The number of ether oxygens (including phenoxy) is 2. The summed E-state index contributed by atoms with van der Waals surface area (Å²) in [6.45, 7) is 4.20. The molecular weight excluding hydrogens is 468 g/mol. The zero-order valence-electron chi connectivity index (χ0n) is 18.5. The van der Waals surface area contributed by atoms with E-state index in [0.29, 0.717) is 31.0 Å². The first-order valence-corrected chi connectivity index (χ1v) is 12.7. The summed E-state index contributed by atoms with van der Waals surface area (Å²) in [5.41, 5.74) is 4.14. The van der Waals surface area contributed by atoms with Crippen LogP contribution < -0.4 is 10.1 Å². The van der Waals surface area contributed by atoms with E-state index in [0.717, 1.165) is 36.5 Å². The Bertz CT molecular complexity index is 900. The number of nitrogens with one attached hydrogen (secondary N) is 1. The highest BCUT2D eigenvalue weighted by molar-refractivity contribution is 9.10. The Balaban J connectivity index is 1.21. The van der Waals surface area contributed by atoms with Crippen molar-refractivity contribution in [2.45, 2.75) is 49.7 Å². The third-order valence-corrected chi connectivity index (χ3v) is 7.70. The Morgan fingerprint density at radius 2 is 1.81 bits per heavy atom. The molecule has 0 aromatic heterocycles. The van der Waals surface area contributed by atoms with Crippen LogP contribution in [0.25, 0.3) is 0 Å². The molecular formula is C26H33BrN2O3. The molecule has 2 aromatic carbocycles. The van der Waals surface area contributed by atoms with E-state index in [4.69, 9.17) is 9.47 Å². The predicted octanol–water partition coefficient (Wildman–Crippen LogP) is 4.76. The van der Waals surface area contributed by atoms with Crippen molar-refractivity contribution >= 4 is 21.6 Å². The smallest absolute Gasteiger partial charge is 0.119 e. The van der Waals surface area contributed by atoms with Gasteiger partial charge in [-0.1, -0.05) is 40.9 Å². The van der Waals surface area contributed by atoms with Crippen molar-refractivity contribution in [3.63, 3.8) is 0 Å². The average molecular weight is 501 g/mol. The van der Waals surface area contributed by atoms with Crippen molar-refractivity contribution in [1.29, 1.82) is 0 Å². The summed E-state index contributed by atoms with van der Waals surface area (Å²) < 4.78 is 12.4. The second kappa shape index (κ2) is 10.1. The molecule has 2 fully saturated rings. The van der Waals surface area contributed by atoms with E-state index in [1.54, 1.807) is 0 Å². The highest BCUT2D eigenvalue weighted by Gasteiger charge is 2.39. The molecule has 2 aromatic rings. The predicted molar refractivity (Wildman–Crippen MR) is 131 cm³/mol. The van der Waals surface area contributed by atoms with Gasteiger partial charge in [-0.3, -0.25) is 4.90 Å². The molecule has 3 aliphatic rings. The summed E-state index contributed by atoms with van der Waals surface area (Å²) in [4.78, 5) is 2.23. The highest BCUT2D eigenvalue weighted by Crippen LogP contribution is 2.48. The SMILES string of the molecule is OC(COc1ccc(C2CCCCC3c4cc(Br)ccc4NC23)cc1)CN1CCOCC1. The van der Waals surface area contributed by atoms with Crippen LogP contribution in [0.3, 0.4) is 0 Å². The number of aliphatic hydroxyl groups is 1. The van der Waals surface area contributed by atoms with E-state index in [1.165, 1.54) is 42.5 Å². The molecule has 1 saturated heterocycles. The van der Waals surface area contributed by atoms with Crippen LogP contribution in [0.15, 0.2) is 46.9 Å². The molecule has 0 bridgehead atoms. The number of halogens is 1. The van der Waals surface area contributed by atoms with Crippen LogP contribution in [0, 0.1) is 0 Å². The van der Waals surface area contributed by atoms with Crippen LogP contribution in [0.5, 0.6) is 5.75 Å². The number of hydrogen-bond acceptors (Lipinski definition) is 5. The Kier molecular flexibility index (Phi) is 7.02. The first-order valence-electron chi connectivity index (χ1n) is 11.9. The van der Waals surface area contributed by atoms with E-state index < -0.39 is 6.10 Å². The zero-order valence-corrected chi connectivity index (χ0v) is 20.1. The van der Waals surface area contributed by atoms with E-state index in [2.05, 4.69) is 68.6 Å². The van der Waals surface area contributed by atoms with Crippen LogP contribution in [0.2, 0.25) is 0 Å². The van der Waals surface area contributed by atoms with Gasteiger partial charge in [-0.05, 0) is 54.3 Å². The van der Waals surface area contributed by atoms with Crippen molar-refractivity contribution in [1.82, 2.24) is 4.90 Å². The van der Waals surface area contributed by atoms with Crippen LogP contribution in [0.4, 0.5) is 5.69 Å². The second-order valence-corrected chi connectivity index (χ2v) is 10.3. The van der Waals surface area contributed by atoms with Gasteiger partial charge in [0.15, 0.2) is 0 Å². The molecule has 2 aliphatic heterocycles. The number of aliphatic hydroxyl groups excluding tert-OH is 1. The van der Waals surface area contributed by atoms with Crippen LogP contribution >= 0.6 is 15.9 Å². The van der Waals surface area contributed by atoms with Gasteiger partial charge in [0, 0.05) is 47.7 Å². The number of β-amino-alcohol motifs (C(OH)–C–C–N with tert-alkyl or cyclic N) is 1. The Morgan fingerprint density at radius 1 is 1.06 bits per heavy atom. The fourth-order valence-corrected chi connectivity index (χ4v) is 5.96. The van der Waals surface area contributed by atoms with Gasteiger partial charge >= 0.3 is 0 Å². The van der Waals surface area contributed by atoms with Crippen molar-refractivity contribution in [2.75, 3.05) is 44.8 Å². The Morgan fingerprint density at radius 3 is 2.59 bits per heavy atom. The van der Waals surface area contributed by atoms with Crippen molar-refractivity contribution in [2.24, 2.45) is 0 Å². The average Bonchev–Trinajstić information content (AvgIpc) is 3.02. The molecule has 5 nitrogen and oxygen atoms in total. The van der Waals surface area contributed by atoms with E-state index in [9.17, 15) is 5.11 Å². The number of nitrogens with zero attached hydrogens (tertiary/aromatic N) is 1. The summed E-state index contributed by atoms with van der Waals surface area (Å²) in [5.74, 6) is 1.89. The van der Waals surface area contributed by atoms with Gasteiger partial charge < -0.3 is 19.9 Å². The molecule has 2 N–H and O–H groups in total. The third kappa shape index (κ3) is 4.98. The van der Waals surface area contributed by atoms with Crippen molar-refractivity contribution in [3.8, 4) is 5.75 Å². The molecule has 172 valence electrons. The highest BCUT2D eigenvalue weighted by atomic mass is 79.9. The van der Waals surface area contributed by atoms with Gasteiger partial charge in [0.05, 0.1) is 13.2 Å². The maximum Gasteiger partial charge on any atom is 0.119 e. The molecule has 0 radical (unpaired) electrons. The lowest BCUT2D eigenvalue weighted by Crippen LogP contribution is -2.42. The summed E-state index contributed by atoms with van der Waals surface area (Å²) in [7, 11) is 0. The zero-order chi connectivity index (χ0) is 21.9.